The highest BCUT2D eigenvalue weighted by Crippen LogP contribution is 2.44. The van der Waals surface area contributed by atoms with E-state index in [0.717, 1.165) is 32.0 Å². The smallest absolute Gasteiger partial charge is 0.415 e. The molecule has 13 nitrogen and oxygen atoms in total. The second-order valence-corrected chi connectivity index (χ2v) is 12.6. The van der Waals surface area contributed by atoms with Gasteiger partial charge in [-0.05, 0) is 69.1 Å². The molecule has 4 aromatic rings. The van der Waals surface area contributed by atoms with Crippen molar-refractivity contribution in [3.8, 4) is 51.6 Å². The van der Waals surface area contributed by atoms with Crippen molar-refractivity contribution in [3.63, 3.8) is 0 Å². The van der Waals surface area contributed by atoms with E-state index in [4.69, 9.17) is 23.4 Å². The second-order valence-electron chi connectivity index (χ2n) is 12.6. The molecule has 2 unspecified atom stereocenters. The Morgan fingerprint density at radius 3 is 2.41 bits per heavy atom. The van der Waals surface area contributed by atoms with E-state index >= 15 is 0 Å². The van der Waals surface area contributed by atoms with Crippen LogP contribution in [-0.2, 0) is 0 Å². The van der Waals surface area contributed by atoms with Crippen molar-refractivity contribution in [1.82, 2.24) is 9.80 Å². The molecule has 258 valence electrons. The van der Waals surface area contributed by atoms with Crippen molar-refractivity contribution in [3.05, 3.63) is 64.3 Å². The molecule has 0 aliphatic carbocycles. The fraction of sp³-hybridized carbons (Fsp3) is 0.389. The number of fused-ring (bicyclic) bond motifs is 2. The number of rotatable bonds is 6. The Bertz CT molecular complexity index is 1930. The van der Waals surface area contributed by atoms with Gasteiger partial charge in [0.25, 0.3) is 0 Å². The van der Waals surface area contributed by atoms with E-state index in [1.54, 1.807) is 29.2 Å². The first-order chi connectivity index (χ1) is 23.7. The Morgan fingerprint density at radius 2 is 1.67 bits per heavy atom. The highest BCUT2D eigenvalue weighted by atomic mass is 16.6. The minimum atomic E-state index is -0.879. The van der Waals surface area contributed by atoms with Crippen LogP contribution in [0.15, 0.2) is 57.7 Å². The number of phenols is 2. The number of aliphatic hydroxyl groups is 1. The van der Waals surface area contributed by atoms with E-state index in [-0.39, 0.29) is 51.9 Å². The average molecular weight is 675 g/mol. The minimum Gasteiger partial charge on any atom is -0.507 e. The molecule has 0 saturated carbocycles. The lowest BCUT2D eigenvalue weighted by molar-refractivity contribution is -0.0123. The first-order valence-electron chi connectivity index (χ1n) is 16.4. The van der Waals surface area contributed by atoms with Gasteiger partial charge in [-0.25, -0.2) is 4.79 Å². The molecule has 7 rings (SSSR count). The molecule has 2 atom stereocenters. The molecule has 1 aromatic heterocycles. The molecule has 2 fully saturated rings. The highest BCUT2D eigenvalue weighted by Gasteiger charge is 2.34. The minimum absolute atomic E-state index is 0.0164. The number of aliphatic hydroxyl groups excluding tert-OH is 1. The van der Waals surface area contributed by atoms with E-state index in [0.29, 0.717) is 30.4 Å². The first-order valence-corrected chi connectivity index (χ1v) is 16.4. The number of ether oxygens (including phenoxy) is 4. The van der Waals surface area contributed by atoms with Crippen LogP contribution in [0.3, 0.4) is 0 Å². The Kier molecular flexibility index (Phi) is 8.86. The normalized spacial score (nSPS) is 19.9. The molecule has 4 N–H and O–H groups in total. The molecule has 0 spiro atoms. The maximum Gasteiger partial charge on any atom is 0.415 e. The molecule has 4 heterocycles. The van der Waals surface area contributed by atoms with Crippen molar-refractivity contribution in [2.75, 3.05) is 39.9 Å². The fourth-order valence-corrected chi connectivity index (χ4v) is 6.94. The number of nitrogens with zero attached hydrogens (tertiary/aromatic N) is 2. The number of carbonyl (C=O) groups excluding carboxylic acids is 1. The monoisotopic (exact) mass is 674 g/mol. The topological polar surface area (TPSA) is 172 Å². The Morgan fingerprint density at radius 1 is 0.898 bits per heavy atom. The van der Waals surface area contributed by atoms with Crippen LogP contribution in [0, 0.1) is 0 Å². The van der Waals surface area contributed by atoms with Crippen LogP contribution in [0.5, 0.6) is 40.2 Å². The van der Waals surface area contributed by atoms with E-state index in [9.17, 15) is 30.0 Å². The summed E-state index contributed by atoms with van der Waals surface area (Å²) in [6.07, 6.45) is 3.25. The summed E-state index contributed by atoms with van der Waals surface area (Å²) in [5.74, 6) is -0.792. The molecule has 0 radical (unpaired) electrons. The molecule has 2 saturated heterocycles. The maximum absolute atomic E-state index is 13.3. The Balaban J connectivity index is 1.14. The van der Waals surface area contributed by atoms with Gasteiger partial charge in [0.05, 0.1) is 13.7 Å². The van der Waals surface area contributed by atoms with Crippen molar-refractivity contribution in [2.24, 2.45) is 0 Å². The van der Waals surface area contributed by atoms with Crippen molar-refractivity contribution < 1.29 is 48.6 Å². The van der Waals surface area contributed by atoms with Crippen molar-refractivity contribution >= 4 is 17.1 Å². The number of hydrogen-bond acceptors (Lipinski definition) is 12. The van der Waals surface area contributed by atoms with Gasteiger partial charge in [0, 0.05) is 42.4 Å². The zero-order valence-electron chi connectivity index (χ0n) is 27.0. The number of likely N-dealkylation sites (tertiary alicyclic amines) is 2. The molecule has 13 heteroatoms. The zero-order valence-corrected chi connectivity index (χ0v) is 27.0. The van der Waals surface area contributed by atoms with Crippen LogP contribution in [0.2, 0.25) is 0 Å². The number of methoxy groups -OCH3 is 1. The molecule has 3 aromatic carbocycles. The maximum atomic E-state index is 13.3. The SMILES string of the molecule is COc1cc(C2Oc3cc(-c4oc5cc(OC(=O)N6CCC(N7CCCCC7)CC6)cc(O)c5c(=O)c4O)ccc3OC2CO)ccc1O. The first kappa shape index (κ1) is 32.4. The standard InChI is InChI=1S/C36H38N2O11/c1-45-27-15-20(5-7-24(27)40)34-30(19-39)47-26-8-6-21(16-28(26)48-34)35-33(43)32(42)31-25(41)17-23(18-29(31)49-35)46-36(44)38-13-9-22(10-14-38)37-11-3-2-4-12-37/h5-8,15-18,22,30,34,39-41,43H,2-4,9-14,19H2,1H3. The summed E-state index contributed by atoms with van der Waals surface area (Å²) in [5, 5.41) is 41.5. The van der Waals surface area contributed by atoms with Gasteiger partial charge in [-0.2, -0.15) is 0 Å². The third-order valence-corrected chi connectivity index (χ3v) is 9.55. The van der Waals surface area contributed by atoms with E-state index in [1.165, 1.54) is 44.6 Å². The van der Waals surface area contributed by atoms with Gasteiger partial charge in [-0.15, -0.1) is 0 Å². The fourth-order valence-electron chi connectivity index (χ4n) is 6.94. The molecule has 3 aliphatic heterocycles. The lowest BCUT2D eigenvalue weighted by Crippen LogP contribution is -2.48. The van der Waals surface area contributed by atoms with Gasteiger partial charge in [-0.3, -0.25) is 4.79 Å². The summed E-state index contributed by atoms with van der Waals surface area (Å²) in [7, 11) is 1.41. The van der Waals surface area contributed by atoms with E-state index in [2.05, 4.69) is 4.90 Å². The van der Waals surface area contributed by atoms with Crippen LogP contribution in [0.25, 0.3) is 22.3 Å². The number of phenolic OH excluding ortho intramolecular Hbond substituents is 2. The predicted octanol–water partition coefficient (Wildman–Crippen LogP) is 4.91. The largest absolute Gasteiger partial charge is 0.507 e. The molecule has 3 aliphatic rings. The van der Waals surface area contributed by atoms with Gasteiger partial charge in [0.2, 0.25) is 11.2 Å². The lowest BCUT2D eigenvalue weighted by atomic mass is 10.0. The summed E-state index contributed by atoms with van der Waals surface area (Å²) in [4.78, 5) is 30.5. The van der Waals surface area contributed by atoms with Crippen LogP contribution >= 0.6 is 0 Å². The molecule has 1 amide bonds. The third-order valence-electron chi connectivity index (χ3n) is 9.55. The summed E-state index contributed by atoms with van der Waals surface area (Å²) >= 11 is 0. The number of piperidine rings is 2. The second kappa shape index (κ2) is 13.4. The van der Waals surface area contributed by atoms with Crippen molar-refractivity contribution in [2.45, 2.75) is 50.4 Å². The number of aromatic hydroxyl groups is 3. The van der Waals surface area contributed by atoms with Gasteiger partial charge in [0.1, 0.15) is 22.5 Å². The Labute approximate surface area is 281 Å². The van der Waals surface area contributed by atoms with Crippen LogP contribution in [0.1, 0.15) is 43.8 Å². The Hall–Kier alpha value is -5.14. The zero-order chi connectivity index (χ0) is 34.2. The summed E-state index contributed by atoms with van der Waals surface area (Å²) in [6, 6.07) is 12.2. The average Bonchev–Trinajstić information content (AvgIpc) is 3.12. The molecule has 49 heavy (non-hydrogen) atoms. The summed E-state index contributed by atoms with van der Waals surface area (Å²) < 4.78 is 29.0. The highest BCUT2D eigenvalue weighted by molar-refractivity contribution is 5.89. The number of hydrogen-bond donors (Lipinski definition) is 4. The van der Waals surface area contributed by atoms with Crippen LogP contribution in [0.4, 0.5) is 4.79 Å². The van der Waals surface area contributed by atoms with E-state index in [1.807, 2.05) is 0 Å². The number of carbonyl (C=O) groups is 1. The van der Waals surface area contributed by atoms with Crippen LogP contribution in [-0.4, -0.2) is 88.4 Å². The molecular weight excluding hydrogens is 636 g/mol. The van der Waals surface area contributed by atoms with Gasteiger partial charge in [-0.1, -0.05) is 12.5 Å². The van der Waals surface area contributed by atoms with Gasteiger partial charge in [0.15, 0.2) is 41.0 Å². The summed E-state index contributed by atoms with van der Waals surface area (Å²) in [6.45, 7) is 2.93. The molecule has 0 bridgehead atoms. The number of amides is 1. The van der Waals surface area contributed by atoms with E-state index < -0.39 is 35.2 Å². The summed E-state index contributed by atoms with van der Waals surface area (Å²) in [5.41, 5.74) is -0.167. The third kappa shape index (κ3) is 6.27. The van der Waals surface area contributed by atoms with Gasteiger partial charge >= 0.3 is 6.09 Å². The van der Waals surface area contributed by atoms with Crippen LogP contribution < -0.4 is 24.4 Å². The predicted molar refractivity (Wildman–Crippen MR) is 177 cm³/mol. The lowest BCUT2D eigenvalue weighted by Gasteiger charge is -2.39. The molecular formula is C36H38N2O11. The quantitative estimate of drug-likeness (QED) is 0.218. The van der Waals surface area contributed by atoms with Crippen molar-refractivity contribution in [1.29, 1.82) is 0 Å². The number of benzene rings is 3. The van der Waals surface area contributed by atoms with Gasteiger partial charge < -0.3 is 53.6 Å².